The Labute approximate surface area is 169 Å². The first-order valence-corrected chi connectivity index (χ1v) is 10.2. The summed E-state index contributed by atoms with van der Waals surface area (Å²) in [4.78, 5) is 12.2. The maximum atomic E-state index is 12.2. The molecule has 0 radical (unpaired) electrons. The second-order valence-corrected chi connectivity index (χ2v) is 8.63. The van der Waals surface area contributed by atoms with Crippen molar-refractivity contribution in [3.63, 3.8) is 0 Å². The highest BCUT2D eigenvalue weighted by atomic mass is 35.5. The number of benzene rings is 1. The van der Waals surface area contributed by atoms with Crippen molar-refractivity contribution < 1.29 is 13.9 Å². The zero-order valence-electron chi connectivity index (χ0n) is 16.3. The van der Waals surface area contributed by atoms with Crippen LogP contribution in [0.15, 0.2) is 33.9 Å². The predicted molar refractivity (Wildman–Crippen MR) is 107 cm³/mol. The summed E-state index contributed by atoms with van der Waals surface area (Å²) >= 11 is 7.58. The highest BCUT2D eigenvalue weighted by Gasteiger charge is 2.28. The molecule has 2 rings (SSSR count). The average Bonchev–Trinajstić information content (AvgIpc) is 3.05. The predicted octanol–water partition coefficient (Wildman–Crippen LogP) is 5.63. The summed E-state index contributed by atoms with van der Waals surface area (Å²) in [5.41, 5.74) is 0.420. The monoisotopic (exact) mass is 411 g/mol. The Balaban J connectivity index is 2.06. The summed E-state index contributed by atoms with van der Waals surface area (Å²) in [6.07, 6.45) is 0.335. The maximum absolute atomic E-state index is 12.2. The molecule has 1 aromatic carbocycles. The lowest BCUT2D eigenvalue weighted by Gasteiger charge is -2.24. The van der Waals surface area contributed by atoms with E-state index in [0.717, 1.165) is 12.0 Å². The van der Waals surface area contributed by atoms with Gasteiger partial charge in [0.15, 0.2) is 0 Å². The molecule has 0 fully saturated rings. The van der Waals surface area contributed by atoms with Crippen LogP contribution < -0.4 is 5.32 Å². The molecular weight excluding hydrogens is 386 g/mol. The van der Waals surface area contributed by atoms with Gasteiger partial charge in [0.1, 0.15) is 11.6 Å². The molecule has 0 aliphatic heterocycles. The largest absolute Gasteiger partial charge is 0.444 e. The van der Waals surface area contributed by atoms with Crippen LogP contribution in [0.3, 0.4) is 0 Å². The molecule has 1 amide bonds. The molecule has 0 saturated carbocycles. The molecule has 8 heteroatoms. The summed E-state index contributed by atoms with van der Waals surface area (Å²) in [6, 6.07) is 7.22. The van der Waals surface area contributed by atoms with Crippen LogP contribution in [0.1, 0.15) is 58.5 Å². The van der Waals surface area contributed by atoms with Crippen molar-refractivity contribution in [2.45, 2.75) is 63.7 Å². The van der Waals surface area contributed by atoms with Crippen molar-refractivity contribution in [2.24, 2.45) is 5.92 Å². The number of halogens is 1. The Kier molecular flexibility index (Phi) is 7.56. The van der Waals surface area contributed by atoms with Gasteiger partial charge < -0.3 is 14.5 Å². The summed E-state index contributed by atoms with van der Waals surface area (Å²) in [6.45, 7) is 9.52. The molecule has 0 saturated heterocycles. The number of amides is 1. The number of rotatable bonds is 7. The van der Waals surface area contributed by atoms with Crippen molar-refractivity contribution in [3.05, 3.63) is 40.7 Å². The topological polar surface area (TPSA) is 77.2 Å². The van der Waals surface area contributed by atoms with E-state index in [1.54, 1.807) is 0 Å². The lowest BCUT2D eigenvalue weighted by atomic mass is 9.99. The number of thioether (sulfide) groups is 1. The van der Waals surface area contributed by atoms with E-state index in [2.05, 4.69) is 15.5 Å². The van der Waals surface area contributed by atoms with Gasteiger partial charge >= 0.3 is 6.09 Å². The van der Waals surface area contributed by atoms with E-state index >= 15 is 0 Å². The van der Waals surface area contributed by atoms with Crippen LogP contribution in [0, 0.1) is 5.92 Å². The lowest BCUT2D eigenvalue weighted by molar-refractivity contribution is 0.0474. The van der Waals surface area contributed by atoms with E-state index < -0.39 is 17.7 Å². The van der Waals surface area contributed by atoms with Crippen LogP contribution >= 0.6 is 23.4 Å². The Morgan fingerprint density at radius 2 is 2.04 bits per heavy atom. The highest BCUT2D eigenvalue weighted by molar-refractivity contribution is 7.98. The van der Waals surface area contributed by atoms with E-state index in [-0.39, 0.29) is 5.92 Å². The van der Waals surface area contributed by atoms with Gasteiger partial charge in [-0.2, -0.15) is 0 Å². The van der Waals surface area contributed by atoms with E-state index in [4.69, 9.17) is 20.8 Å². The smallest absolute Gasteiger partial charge is 0.408 e. The number of hydrogen-bond acceptors (Lipinski definition) is 6. The van der Waals surface area contributed by atoms with Crippen molar-refractivity contribution in [2.75, 3.05) is 0 Å². The van der Waals surface area contributed by atoms with Gasteiger partial charge in [-0.1, -0.05) is 61.8 Å². The van der Waals surface area contributed by atoms with Crippen molar-refractivity contribution >= 4 is 29.5 Å². The number of hydrogen-bond donors (Lipinski definition) is 1. The summed E-state index contributed by atoms with van der Waals surface area (Å²) < 4.78 is 11.1. The Bertz CT molecular complexity index is 761. The van der Waals surface area contributed by atoms with Crippen LogP contribution in [0.25, 0.3) is 0 Å². The van der Waals surface area contributed by atoms with Crippen molar-refractivity contribution in [1.82, 2.24) is 15.5 Å². The zero-order chi connectivity index (χ0) is 20.0. The molecule has 0 aliphatic carbocycles. The second kappa shape index (κ2) is 9.46. The molecule has 6 nitrogen and oxygen atoms in total. The third kappa shape index (κ3) is 6.74. The van der Waals surface area contributed by atoms with E-state index in [1.165, 1.54) is 11.8 Å². The van der Waals surface area contributed by atoms with Gasteiger partial charge in [0, 0.05) is 10.8 Å². The third-order valence-electron chi connectivity index (χ3n) is 3.88. The molecule has 0 aliphatic rings. The minimum Gasteiger partial charge on any atom is -0.444 e. The van der Waals surface area contributed by atoms with Gasteiger partial charge in [0.05, 0.1) is 0 Å². The first kappa shape index (κ1) is 21.6. The van der Waals surface area contributed by atoms with Crippen LogP contribution in [-0.2, 0) is 10.5 Å². The van der Waals surface area contributed by atoms with Gasteiger partial charge in [0.2, 0.25) is 5.89 Å². The van der Waals surface area contributed by atoms with Gasteiger partial charge in [-0.05, 0) is 38.3 Å². The first-order chi connectivity index (χ1) is 12.7. The second-order valence-electron chi connectivity index (χ2n) is 7.30. The molecule has 0 unspecified atom stereocenters. The van der Waals surface area contributed by atoms with Gasteiger partial charge in [-0.3, -0.25) is 0 Å². The van der Waals surface area contributed by atoms with Crippen LogP contribution in [0.5, 0.6) is 0 Å². The average molecular weight is 412 g/mol. The molecule has 2 atom stereocenters. The fourth-order valence-electron chi connectivity index (χ4n) is 2.28. The van der Waals surface area contributed by atoms with E-state index in [9.17, 15) is 4.79 Å². The standard InChI is InChI=1S/C19H26ClN3O3S/c1-6-12(2)15(21-17(24)26-19(3,4)5)16-22-23-18(25-16)27-11-13-9-7-8-10-14(13)20/h7-10,12,15H,6,11H2,1-5H3,(H,21,24)/t12-,15+/m1/s1. The van der Waals surface area contributed by atoms with Crippen molar-refractivity contribution in [3.8, 4) is 0 Å². The zero-order valence-corrected chi connectivity index (χ0v) is 17.9. The fraction of sp³-hybridized carbons (Fsp3) is 0.526. The minimum absolute atomic E-state index is 0.111. The Morgan fingerprint density at radius 1 is 1.33 bits per heavy atom. The Hall–Kier alpha value is -1.73. The molecule has 2 aromatic rings. The maximum Gasteiger partial charge on any atom is 0.408 e. The fourth-order valence-corrected chi connectivity index (χ4v) is 3.33. The summed E-state index contributed by atoms with van der Waals surface area (Å²) in [5.74, 6) is 1.10. The summed E-state index contributed by atoms with van der Waals surface area (Å²) in [5, 5.41) is 12.2. The number of nitrogens with zero attached hydrogens (tertiary/aromatic N) is 2. The van der Waals surface area contributed by atoms with E-state index in [0.29, 0.717) is 21.9 Å². The molecule has 1 heterocycles. The minimum atomic E-state index is -0.575. The third-order valence-corrected chi connectivity index (χ3v) is 5.12. The first-order valence-electron chi connectivity index (χ1n) is 8.88. The molecule has 1 aromatic heterocycles. The van der Waals surface area contributed by atoms with Crippen LogP contribution in [0.4, 0.5) is 4.79 Å². The molecule has 148 valence electrons. The molecule has 1 N–H and O–H groups in total. The lowest BCUT2D eigenvalue weighted by Crippen LogP contribution is -2.37. The van der Waals surface area contributed by atoms with Crippen LogP contribution in [-0.4, -0.2) is 21.9 Å². The molecular formula is C19H26ClN3O3S. The quantitative estimate of drug-likeness (QED) is 0.595. The van der Waals surface area contributed by atoms with Gasteiger partial charge in [-0.25, -0.2) is 4.79 Å². The normalized spacial score (nSPS) is 13.9. The molecule has 27 heavy (non-hydrogen) atoms. The number of carbonyl (C=O) groups excluding carboxylic acids is 1. The molecule has 0 spiro atoms. The number of ether oxygens (including phenoxy) is 1. The number of nitrogens with one attached hydrogen (secondary N) is 1. The van der Waals surface area contributed by atoms with Gasteiger partial charge in [-0.15, -0.1) is 10.2 Å². The van der Waals surface area contributed by atoms with Gasteiger partial charge in [0.25, 0.3) is 5.22 Å². The molecule has 0 bridgehead atoms. The number of aromatic nitrogens is 2. The number of carbonyl (C=O) groups is 1. The van der Waals surface area contributed by atoms with Crippen molar-refractivity contribution in [1.29, 1.82) is 0 Å². The Morgan fingerprint density at radius 3 is 2.67 bits per heavy atom. The van der Waals surface area contributed by atoms with E-state index in [1.807, 2.05) is 58.9 Å². The highest BCUT2D eigenvalue weighted by Crippen LogP contribution is 2.29. The van der Waals surface area contributed by atoms with Crippen LogP contribution in [0.2, 0.25) is 5.02 Å². The SMILES string of the molecule is CC[C@@H](C)[C@H](NC(=O)OC(C)(C)C)c1nnc(SCc2ccccc2Cl)o1. The summed E-state index contributed by atoms with van der Waals surface area (Å²) in [7, 11) is 0. The number of alkyl carbamates (subject to hydrolysis) is 1.